The molecule has 0 aliphatic heterocycles. The Morgan fingerprint density at radius 2 is 1.58 bits per heavy atom. The monoisotopic (exact) mass is 485 g/mol. The molecule has 0 aromatic heterocycles. The third kappa shape index (κ3) is 6.12. The molecular weight excluding hydrogens is 462 g/mol. The van der Waals surface area contributed by atoms with Crippen molar-refractivity contribution < 1.29 is 18.0 Å². The van der Waals surface area contributed by atoms with Gasteiger partial charge in [-0.1, -0.05) is 48.9 Å². The maximum atomic E-state index is 12.8. The van der Waals surface area contributed by atoms with Gasteiger partial charge in [0.15, 0.2) is 0 Å². The molecule has 1 atom stereocenters. The first kappa shape index (κ1) is 24.3. The zero-order chi connectivity index (χ0) is 24.0. The third-order valence-corrected chi connectivity index (χ3v) is 6.63. The summed E-state index contributed by atoms with van der Waals surface area (Å²) < 4.78 is 27.5. The molecule has 33 heavy (non-hydrogen) atoms. The Hall–Kier alpha value is -3.36. The predicted molar refractivity (Wildman–Crippen MR) is 130 cm³/mol. The summed E-state index contributed by atoms with van der Waals surface area (Å²) in [6, 6.07) is 18.8. The molecule has 0 unspecified atom stereocenters. The van der Waals surface area contributed by atoms with Crippen LogP contribution in [0.1, 0.15) is 41.0 Å². The minimum atomic E-state index is -3.82. The average Bonchev–Trinajstić information content (AvgIpc) is 2.81. The Balaban J connectivity index is 1.77. The minimum Gasteiger partial charge on any atom is -0.350 e. The quantitative estimate of drug-likeness (QED) is 0.421. The summed E-state index contributed by atoms with van der Waals surface area (Å²) in [4.78, 5) is 25.4. The molecule has 172 valence electrons. The molecule has 0 radical (unpaired) electrons. The van der Waals surface area contributed by atoms with Crippen LogP contribution in [0, 0.1) is 0 Å². The van der Waals surface area contributed by atoms with Crippen LogP contribution < -0.4 is 15.4 Å². The summed E-state index contributed by atoms with van der Waals surface area (Å²) in [6.45, 7) is 3.86. The zero-order valence-electron chi connectivity index (χ0n) is 18.1. The van der Waals surface area contributed by atoms with E-state index in [2.05, 4.69) is 15.4 Å². The fourth-order valence-corrected chi connectivity index (χ4v) is 4.32. The van der Waals surface area contributed by atoms with Gasteiger partial charge in [0.05, 0.1) is 26.9 Å². The zero-order valence-corrected chi connectivity index (χ0v) is 19.7. The Bertz CT molecular complexity index is 1260. The van der Waals surface area contributed by atoms with Gasteiger partial charge in [-0.3, -0.25) is 14.3 Å². The molecule has 0 fully saturated rings. The van der Waals surface area contributed by atoms with E-state index in [1.54, 1.807) is 42.5 Å². The fraction of sp³-hybridized carbons (Fsp3) is 0.167. The van der Waals surface area contributed by atoms with E-state index < -0.39 is 15.9 Å². The molecule has 3 rings (SSSR count). The van der Waals surface area contributed by atoms with Crippen LogP contribution in [0.3, 0.4) is 0 Å². The van der Waals surface area contributed by atoms with Gasteiger partial charge < -0.3 is 10.6 Å². The number of anilines is 2. The molecular formula is C24H24ClN3O4S. The first-order valence-electron chi connectivity index (χ1n) is 10.3. The number of benzene rings is 3. The van der Waals surface area contributed by atoms with E-state index in [9.17, 15) is 18.0 Å². The van der Waals surface area contributed by atoms with Gasteiger partial charge in [-0.25, -0.2) is 8.42 Å². The van der Waals surface area contributed by atoms with Crippen LogP contribution in [0.5, 0.6) is 0 Å². The second kappa shape index (κ2) is 10.5. The summed E-state index contributed by atoms with van der Waals surface area (Å²) in [5.41, 5.74) is 1.04. The predicted octanol–water partition coefficient (Wildman–Crippen LogP) is 4.92. The molecule has 0 saturated carbocycles. The van der Waals surface area contributed by atoms with Crippen LogP contribution in [0.25, 0.3) is 0 Å². The normalized spacial score (nSPS) is 12.0. The molecule has 0 bridgehead atoms. The van der Waals surface area contributed by atoms with Crippen LogP contribution in [-0.2, 0) is 10.0 Å². The lowest BCUT2D eigenvalue weighted by Gasteiger charge is -2.15. The number of amides is 2. The largest absolute Gasteiger partial charge is 0.350 e. The summed E-state index contributed by atoms with van der Waals surface area (Å²) in [5, 5.41) is 5.66. The number of rotatable bonds is 8. The molecule has 7 nitrogen and oxygen atoms in total. The number of hydrogen-bond acceptors (Lipinski definition) is 4. The molecule has 0 saturated heterocycles. The Morgan fingerprint density at radius 1 is 0.909 bits per heavy atom. The second-order valence-corrected chi connectivity index (χ2v) is 9.49. The van der Waals surface area contributed by atoms with E-state index in [4.69, 9.17) is 11.6 Å². The van der Waals surface area contributed by atoms with Gasteiger partial charge in [0, 0.05) is 11.6 Å². The van der Waals surface area contributed by atoms with Crippen LogP contribution >= 0.6 is 11.6 Å². The summed E-state index contributed by atoms with van der Waals surface area (Å²) in [7, 11) is -3.82. The van der Waals surface area contributed by atoms with Gasteiger partial charge in [0.2, 0.25) is 0 Å². The maximum absolute atomic E-state index is 12.8. The lowest BCUT2D eigenvalue weighted by Crippen LogP contribution is -2.32. The molecule has 0 heterocycles. The van der Waals surface area contributed by atoms with Gasteiger partial charge in [-0.05, 0) is 55.8 Å². The number of para-hydroxylation sites is 1. The van der Waals surface area contributed by atoms with Crippen molar-refractivity contribution in [2.45, 2.75) is 31.2 Å². The second-order valence-electron chi connectivity index (χ2n) is 7.40. The van der Waals surface area contributed by atoms with Crippen molar-refractivity contribution >= 4 is 44.8 Å². The topological polar surface area (TPSA) is 104 Å². The van der Waals surface area contributed by atoms with Crippen molar-refractivity contribution in [1.29, 1.82) is 0 Å². The minimum absolute atomic E-state index is 0.00715. The number of hydrogen-bond donors (Lipinski definition) is 3. The molecule has 3 N–H and O–H groups in total. The van der Waals surface area contributed by atoms with E-state index in [0.717, 1.165) is 6.42 Å². The number of sulfonamides is 1. The van der Waals surface area contributed by atoms with E-state index >= 15 is 0 Å². The van der Waals surface area contributed by atoms with E-state index in [0.29, 0.717) is 11.3 Å². The maximum Gasteiger partial charge on any atom is 0.261 e. The number of nitrogens with one attached hydrogen (secondary N) is 3. The highest BCUT2D eigenvalue weighted by molar-refractivity contribution is 7.92. The van der Waals surface area contributed by atoms with Crippen molar-refractivity contribution in [3.05, 3.63) is 88.9 Å². The summed E-state index contributed by atoms with van der Waals surface area (Å²) in [6.07, 6.45) is 0.777. The van der Waals surface area contributed by atoms with Crippen molar-refractivity contribution in [2.24, 2.45) is 0 Å². The lowest BCUT2D eigenvalue weighted by atomic mass is 10.1. The van der Waals surface area contributed by atoms with Crippen molar-refractivity contribution in [1.82, 2.24) is 5.32 Å². The molecule has 3 aromatic rings. The van der Waals surface area contributed by atoms with Crippen molar-refractivity contribution in [3.63, 3.8) is 0 Å². The first-order valence-corrected chi connectivity index (χ1v) is 12.2. The van der Waals surface area contributed by atoms with Gasteiger partial charge in [0.25, 0.3) is 21.8 Å². The van der Waals surface area contributed by atoms with E-state index in [-0.39, 0.29) is 33.1 Å². The van der Waals surface area contributed by atoms with Gasteiger partial charge in [0.1, 0.15) is 0 Å². The van der Waals surface area contributed by atoms with Crippen LogP contribution in [0.15, 0.2) is 77.7 Å². The number of carbonyl (C=O) groups excluding carboxylic acids is 2. The lowest BCUT2D eigenvalue weighted by molar-refractivity contribution is 0.0940. The highest BCUT2D eigenvalue weighted by Crippen LogP contribution is 2.26. The van der Waals surface area contributed by atoms with E-state index in [1.807, 2.05) is 13.8 Å². The van der Waals surface area contributed by atoms with Crippen molar-refractivity contribution in [2.75, 3.05) is 10.0 Å². The number of carbonyl (C=O) groups is 2. The Labute approximate surface area is 198 Å². The average molecular weight is 486 g/mol. The Morgan fingerprint density at radius 3 is 2.24 bits per heavy atom. The molecule has 0 spiro atoms. The van der Waals surface area contributed by atoms with Gasteiger partial charge in [-0.2, -0.15) is 0 Å². The Kier molecular flexibility index (Phi) is 7.73. The van der Waals surface area contributed by atoms with Crippen LogP contribution in [0.2, 0.25) is 5.02 Å². The molecule has 0 aliphatic carbocycles. The van der Waals surface area contributed by atoms with Gasteiger partial charge >= 0.3 is 0 Å². The summed E-state index contributed by atoms with van der Waals surface area (Å²) in [5.74, 6) is -0.776. The first-order chi connectivity index (χ1) is 15.7. The highest BCUT2D eigenvalue weighted by Gasteiger charge is 2.18. The highest BCUT2D eigenvalue weighted by atomic mass is 35.5. The molecule has 0 aliphatic rings. The molecule has 9 heteroatoms. The van der Waals surface area contributed by atoms with Gasteiger partial charge in [-0.15, -0.1) is 0 Å². The smallest absolute Gasteiger partial charge is 0.261 e. The molecule has 3 aromatic carbocycles. The fourth-order valence-electron chi connectivity index (χ4n) is 2.93. The summed E-state index contributed by atoms with van der Waals surface area (Å²) >= 11 is 6.25. The van der Waals surface area contributed by atoms with Crippen LogP contribution in [-0.4, -0.2) is 26.3 Å². The third-order valence-electron chi connectivity index (χ3n) is 4.94. The van der Waals surface area contributed by atoms with E-state index in [1.165, 1.54) is 30.3 Å². The van der Waals surface area contributed by atoms with Crippen molar-refractivity contribution in [3.8, 4) is 0 Å². The SMILES string of the molecule is CC[C@H](C)NC(=O)c1ccccc1NC(=O)c1ccc(NS(=O)(=O)c2ccccc2)c(Cl)c1. The number of halogens is 1. The van der Waals surface area contributed by atoms with Crippen LogP contribution in [0.4, 0.5) is 11.4 Å². The standard InChI is InChI=1S/C24H24ClN3O4S/c1-3-16(2)26-24(30)19-11-7-8-12-21(19)27-23(29)17-13-14-22(20(25)15-17)28-33(31,32)18-9-5-4-6-10-18/h4-16,28H,3H2,1-2H3,(H,26,30)(H,27,29)/t16-/m0/s1. The molecule has 2 amide bonds.